The van der Waals surface area contributed by atoms with Gasteiger partial charge in [0.2, 0.25) is 0 Å². The molecular weight excluding hydrogens is 338 g/mol. The van der Waals surface area contributed by atoms with Crippen LogP contribution in [0.5, 0.6) is 0 Å². The van der Waals surface area contributed by atoms with E-state index in [9.17, 15) is 14.4 Å². The second kappa shape index (κ2) is 8.67. The largest absolute Gasteiger partial charge is 0.476 e. The predicted molar refractivity (Wildman–Crippen MR) is 94.3 cm³/mol. The van der Waals surface area contributed by atoms with Crippen LogP contribution in [0, 0.1) is 0 Å². The van der Waals surface area contributed by atoms with Crippen molar-refractivity contribution >= 4 is 23.5 Å². The highest BCUT2D eigenvalue weighted by Crippen LogP contribution is 2.16. The van der Waals surface area contributed by atoms with E-state index in [1.54, 1.807) is 24.3 Å². The van der Waals surface area contributed by atoms with E-state index in [4.69, 9.17) is 5.11 Å². The lowest BCUT2D eigenvalue weighted by Crippen LogP contribution is -2.32. The van der Waals surface area contributed by atoms with Crippen molar-refractivity contribution in [2.45, 2.75) is 0 Å². The van der Waals surface area contributed by atoms with E-state index in [1.165, 1.54) is 12.4 Å². The highest BCUT2D eigenvalue weighted by molar-refractivity contribution is 6.11. The molecule has 136 valence electrons. The van der Waals surface area contributed by atoms with E-state index < -0.39 is 17.6 Å². The minimum absolute atomic E-state index is 0.252. The fraction of sp³-hybridized carbons (Fsp3) is 0.235. The van der Waals surface area contributed by atoms with E-state index >= 15 is 0 Å². The Morgan fingerprint density at radius 3 is 2.35 bits per heavy atom. The van der Waals surface area contributed by atoms with Crippen molar-refractivity contribution in [1.29, 1.82) is 0 Å². The molecule has 1 aromatic heterocycles. The molecule has 0 aliphatic heterocycles. The Balaban J connectivity index is 2.19. The number of carbonyl (C=O) groups is 3. The van der Waals surface area contributed by atoms with Gasteiger partial charge < -0.3 is 20.6 Å². The molecule has 9 nitrogen and oxygen atoms in total. The van der Waals surface area contributed by atoms with Crippen LogP contribution in [0.15, 0.2) is 36.7 Å². The van der Waals surface area contributed by atoms with Crippen LogP contribution >= 0.6 is 0 Å². The average molecular weight is 357 g/mol. The van der Waals surface area contributed by atoms with Crippen LogP contribution < -0.4 is 10.6 Å². The molecule has 3 N–H and O–H groups in total. The first kappa shape index (κ1) is 19.0. The van der Waals surface area contributed by atoms with Gasteiger partial charge in [0.1, 0.15) is 0 Å². The first-order chi connectivity index (χ1) is 12.4. The molecule has 1 heterocycles. The Morgan fingerprint density at radius 2 is 1.69 bits per heavy atom. The van der Waals surface area contributed by atoms with Crippen molar-refractivity contribution in [3.8, 4) is 0 Å². The number of carboxylic acid groups (broad SMARTS) is 1. The van der Waals surface area contributed by atoms with Crippen molar-refractivity contribution in [1.82, 2.24) is 20.2 Å². The topological polar surface area (TPSA) is 125 Å². The highest BCUT2D eigenvalue weighted by atomic mass is 16.4. The SMILES string of the molecule is CN(C)CCNC(=O)c1ccccc1NC(=O)c1nccnc1C(=O)O. The molecule has 0 radical (unpaired) electrons. The molecule has 0 aliphatic carbocycles. The van der Waals surface area contributed by atoms with Crippen LogP contribution in [0.4, 0.5) is 5.69 Å². The maximum atomic E-state index is 12.4. The van der Waals surface area contributed by atoms with Crippen molar-refractivity contribution in [2.24, 2.45) is 0 Å². The van der Waals surface area contributed by atoms with Crippen LogP contribution in [-0.2, 0) is 0 Å². The van der Waals surface area contributed by atoms with Gasteiger partial charge in [-0.2, -0.15) is 0 Å². The molecule has 2 rings (SSSR count). The number of anilines is 1. The molecule has 0 atom stereocenters. The number of hydrogen-bond donors (Lipinski definition) is 3. The molecule has 0 bridgehead atoms. The number of para-hydroxylation sites is 1. The van der Waals surface area contributed by atoms with Gasteiger partial charge in [-0.25, -0.2) is 14.8 Å². The summed E-state index contributed by atoms with van der Waals surface area (Å²) < 4.78 is 0. The van der Waals surface area contributed by atoms with Gasteiger partial charge in [0, 0.05) is 25.5 Å². The van der Waals surface area contributed by atoms with Crippen LogP contribution in [-0.4, -0.2) is 64.9 Å². The van der Waals surface area contributed by atoms with E-state index in [-0.39, 0.29) is 22.9 Å². The number of nitrogens with one attached hydrogen (secondary N) is 2. The number of likely N-dealkylation sites (N-methyl/N-ethyl adjacent to an activating group) is 1. The van der Waals surface area contributed by atoms with Gasteiger partial charge in [-0.05, 0) is 26.2 Å². The zero-order valence-electron chi connectivity index (χ0n) is 14.4. The average Bonchev–Trinajstić information content (AvgIpc) is 2.61. The third-order valence-corrected chi connectivity index (χ3v) is 3.38. The molecule has 0 saturated carbocycles. The Morgan fingerprint density at radius 1 is 1.04 bits per heavy atom. The van der Waals surface area contributed by atoms with E-state index in [2.05, 4.69) is 20.6 Å². The lowest BCUT2D eigenvalue weighted by molar-refractivity contribution is 0.0684. The number of benzene rings is 1. The first-order valence-electron chi connectivity index (χ1n) is 7.77. The van der Waals surface area contributed by atoms with Gasteiger partial charge in [0.25, 0.3) is 11.8 Å². The monoisotopic (exact) mass is 357 g/mol. The lowest BCUT2D eigenvalue weighted by atomic mass is 10.1. The summed E-state index contributed by atoms with van der Waals surface area (Å²) in [5.41, 5.74) is -0.275. The fourth-order valence-corrected chi connectivity index (χ4v) is 2.12. The standard InChI is InChI=1S/C17H19N5O4/c1-22(2)10-9-20-15(23)11-5-3-4-6-12(11)21-16(24)13-14(17(25)26)19-8-7-18-13/h3-8H,9-10H2,1-2H3,(H,20,23)(H,21,24)(H,25,26). The Labute approximate surface area is 150 Å². The second-order valence-corrected chi connectivity index (χ2v) is 5.62. The van der Waals surface area contributed by atoms with Gasteiger partial charge in [-0.1, -0.05) is 12.1 Å². The summed E-state index contributed by atoms with van der Waals surface area (Å²) in [4.78, 5) is 45.3. The lowest BCUT2D eigenvalue weighted by Gasteiger charge is -2.13. The van der Waals surface area contributed by atoms with Crippen LogP contribution in [0.2, 0.25) is 0 Å². The van der Waals surface area contributed by atoms with Gasteiger partial charge in [0.15, 0.2) is 11.4 Å². The quantitative estimate of drug-likeness (QED) is 0.667. The summed E-state index contributed by atoms with van der Waals surface area (Å²) in [6.07, 6.45) is 2.41. The number of amides is 2. The number of aromatic carboxylic acids is 1. The summed E-state index contributed by atoms with van der Waals surface area (Å²) >= 11 is 0. The molecule has 0 spiro atoms. The molecule has 0 fully saturated rings. The zero-order valence-corrected chi connectivity index (χ0v) is 14.4. The van der Waals surface area contributed by atoms with Crippen LogP contribution in [0.25, 0.3) is 0 Å². The second-order valence-electron chi connectivity index (χ2n) is 5.62. The minimum atomic E-state index is -1.36. The number of rotatable bonds is 7. The molecule has 9 heteroatoms. The van der Waals surface area contributed by atoms with Gasteiger partial charge in [0.05, 0.1) is 11.3 Å². The summed E-state index contributed by atoms with van der Waals surface area (Å²) in [5.74, 6) is -2.47. The van der Waals surface area contributed by atoms with E-state index in [0.717, 1.165) is 0 Å². The smallest absolute Gasteiger partial charge is 0.356 e. The van der Waals surface area contributed by atoms with Gasteiger partial charge >= 0.3 is 5.97 Å². The summed E-state index contributed by atoms with van der Waals surface area (Å²) in [6.45, 7) is 1.11. The number of nitrogens with zero attached hydrogens (tertiary/aromatic N) is 3. The third-order valence-electron chi connectivity index (χ3n) is 3.38. The van der Waals surface area contributed by atoms with Gasteiger partial charge in [-0.15, -0.1) is 0 Å². The third kappa shape index (κ3) is 4.84. The van der Waals surface area contributed by atoms with Crippen molar-refractivity contribution < 1.29 is 19.5 Å². The number of aromatic nitrogens is 2. The molecule has 1 aromatic carbocycles. The van der Waals surface area contributed by atoms with E-state index in [1.807, 2.05) is 19.0 Å². The summed E-state index contributed by atoms with van der Waals surface area (Å²) in [5, 5.41) is 14.4. The molecule has 0 saturated heterocycles. The molecule has 2 amide bonds. The Hall–Kier alpha value is -3.33. The van der Waals surface area contributed by atoms with Gasteiger partial charge in [-0.3, -0.25) is 9.59 Å². The Kier molecular flexibility index (Phi) is 6.34. The number of hydrogen-bond acceptors (Lipinski definition) is 6. The van der Waals surface area contributed by atoms with Crippen LogP contribution in [0.3, 0.4) is 0 Å². The maximum Gasteiger partial charge on any atom is 0.356 e. The fourth-order valence-electron chi connectivity index (χ4n) is 2.12. The molecule has 26 heavy (non-hydrogen) atoms. The first-order valence-corrected chi connectivity index (χ1v) is 7.77. The normalized spacial score (nSPS) is 10.4. The Bertz CT molecular complexity index is 822. The molecule has 2 aromatic rings. The van der Waals surface area contributed by atoms with Crippen molar-refractivity contribution in [3.63, 3.8) is 0 Å². The molecular formula is C17H19N5O4. The van der Waals surface area contributed by atoms with Crippen molar-refractivity contribution in [2.75, 3.05) is 32.5 Å². The number of carboxylic acids is 1. The number of carbonyl (C=O) groups excluding carboxylic acids is 2. The maximum absolute atomic E-state index is 12.4. The van der Waals surface area contributed by atoms with Crippen molar-refractivity contribution in [3.05, 3.63) is 53.6 Å². The molecule has 0 aliphatic rings. The highest BCUT2D eigenvalue weighted by Gasteiger charge is 2.21. The molecule has 0 unspecified atom stereocenters. The van der Waals surface area contributed by atoms with Crippen LogP contribution in [0.1, 0.15) is 31.3 Å². The summed E-state index contributed by atoms with van der Waals surface area (Å²) in [6, 6.07) is 6.44. The summed E-state index contributed by atoms with van der Waals surface area (Å²) in [7, 11) is 3.78. The predicted octanol–water partition coefficient (Wildman–Crippen LogP) is 0.718. The van der Waals surface area contributed by atoms with E-state index in [0.29, 0.717) is 13.1 Å². The minimum Gasteiger partial charge on any atom is -0.476 e. The zero-order chi connectivity index (χ0) is 19.1.